The lowest BCUT2D eigenvalue weighted by molar-refractivity contribution is 0.152. The molecular weight excluding hydrogens is 393 g/mol. The van der Waals surface area contributed by atoms with Crippen LogP contribution in [0.15, 0.2) is 35.4 Å². The Hall–Kier alpha value is -1.83. The zero-order valence-corrected chi connectivity index (χ0v) is 14.9. The average Bonchev–Trinajstić information content (AvgIpc) is 2.75. The van der Waals surface area contributed by atoms with Crippen LogP contribution in [0.25, 0.3) is 5.69 Å². The fourth-order valence-electron chi connectivity index (χ4n) is 2.22. The van der Waals surface area contributed by atoms with Gasteiger partial charge >= 0.3 is 6.09 Å². The molecule has 5 nitrogen and oxygen atoms in total. The van der Waals surface area contributed by atoms with Crippen LogP contribution in [-0.2, 0) is 4.74 Å². The summed E-state index contributed by atoms with van der Waals surface area (Å²) < 4.78 is 8.10. The van der Waals surface area contributed by atoms with E-state index in [9.17, 15) is 4.79 Å². The summed E-state index contributed by atoms with van der Waals surface area (Å²) in [4.78, 5) is 11.2. The maximum atomic E-state index is 11.2. The number of rotatable bonds is 4. The van der Waals surface area contributed by atoms with Crippen LogP contribution in [0.3, 0.4) is 0 Å². The lowest BCUT2D eigenvalue weighted by atomic mass is 10.2. The highest BCUT2D eigenvalue weighted by Crippen LogP contribution is 2.20. The number of amides is 1. The molecule has 0 bridgehead atoms. The Morgan fingerprint density at radius 2 is 2.05 bits per heavy atom. The molecule has 0 saturated carbocycles. The second-order valence-corrected chi connectivity index (χ2v) is 5.97. The molecule has 22 heavy (non-hydrogen) atoms. The van der Waals surface area contributed by atoms with Crippen molar-refractivity contribution in [1.82, 2.24) is 9.99 Å². The number of hydrogen-bond acceptors (Lipinski definition) is 3. The third kappa shape index (κ3) is 3.88. The molecule has 0 atom stereocenters. The molecule has 1 amide bonds. The van der Waals surface area contributed by atoms with Gasteiger partial charge in [-0.05, 0) is 73.7 Å². The highest BCUT2D eigenvalue weighted by Gasteiger charge is 2.09. The molecule has 1 heterocycles. The lowest BCUT2D eigenvalue weighted by Crippen LogP contribution is -2.18. The van der Waals surface area contributed by atoms with Crippen molar-refractivity contribution >= 4 is 34.9 Å². The number of aryl methyl sites for hydroxylation is 1. The quantitative estimate of drug-likeness (QED) is 0.473. The number of carbonyl (C=O) groups is 1. The molecule has 1 aromatic carbocycles. The number of carbonyl (C=O) groups excluding carboxylic acids is 1. The van der Waals surface area contributed by atoms with Crippen LogP contribution in [-0.4, -0.2) is 23.5 Å². The summed E-state index contributed by atoms with van der Waals surface area (Å²) in [6.45, 7) is 6.14. The van der Waals surface area contributed by atoms with E-state index in [4.69, 9.17) is 4.74 Å². The summed E-state index contributed by atoms with van der Waals surface area (Å²) >= 11 is 2.29. The van der Waals surface area contributed by atoms with Gasteiger partial charge in [-0.15, -0.1) is 0 Å². The van der Waals surface area contributed by atoms with Gasteiger partial charge in [-0.2, -0.15) is 5.10 Å². The van der Waals surface area contributed by atoms with Gasteiger partial charge in [-0.25, -0.2) is 10.2 Å². The predicted octanol–water partition coefficient (Wildman–Crippen LogP) is 3.78. The molecule has 1 N–H and O–H groups in total. The predicted molar refractivity (Wildman–Crippen MR) is 95.7 cm³/mol. The maximum Gasteiger partial charge on any atom is 0.427 e. The normalized spacial score (nSPS) is 10.9. The topological polar surface area (TPSA) is 55.6 Å². The van der Waals surface area contributed by atoms with Crippen LogP contribution >= 0.6 is 22.6 Å². The Morgan fingerprint density at radius 1 is 1.36 bits per heavy atom. The first kappa shape index (κ1) is 16.5. The molecular formula is C16H18IN3O2. The second-order valence-electron chi connectivity index (χ2n) is 4.73. The first-order valence-corrected chi connectivity index (χ1v) is 8.01. The van der Waals surface area contributed by atoms with Crippen molar-refractivity contribution in [2.24, 2.45) is 5.10 Å². The summed E-state index contributed by atoms with van der Waals surface area (Å²) in [5, 5.41) is 3.92. The molecule has 1 aromatic heterocycles. The highest BCUT2D eigenvalue weighted by atomic mass is 127. The van der Waals surface area contributed by atoms with Crippen molar-refractivity contribution in [3.8, 4) is 5.69 Å². The van der Waals surface area contributed by atoms with Gasteiger partial charge in [0.05, 0.1) is 12.8 Å². The maximum absolute atomic E-state index is 11.2. The van der Waals surface area contributed by atoms with Gasteiger partial charge in [0.1, 0.15) is 0 Å². The lowest BCUT2D eigenvalue weighted by Gasteiger charge is -2.09. The number of nitrogens with one attached hydrogen (secondary N) is 1. The van der Waals surface area contributed by atoms with Crippen molar-refractivity contribution in [2.45, 2.75) is 20.8 Å². The van der Waals surface area contributed by atoms with Crippen molar-refractivity contribution in [2.75, 3.05) is 6.61 Å². The van der Waals surface area contributed by atoms with Crippen LogP contribution in [0.5, 0.6) is 0 Å². The third-order valence-corrected chi connectivity index (χ3v) is 3.91. The fraction of sp³-hybridized carbons (Fsp3) is 0.250. The minimum absolute atomic E-state index is 0.322. The standard InChI is InChI=1S/C16H18IN3O2/c1-4-22-16(21)19-18-10-13-9-11(2)20(12(13)3)15-7-5-14(17)6-8-15/h5-10H,4H2,1-3H3,(H,19,21). The van der Waals surface area contributed by atoms with E-state index >= 15 is 0 Å². The highest BCUT2D eigenvalue weighted by molar-refractivity contribution is 14.1. The van der Waals surface area contributed by atoms with E-state index in [1.165, 1.54) is 3.57 Å². The van der Waals surface area contributed by atoms with E-state index in [1.807, 2.05) is 19.9 Å². The van der Waals surface area contributed by atoms with Gasteiger partial charge in [0.2, 0.25) is 0 Å². The smallest absolute Gasteiger partial charge is 0.427 e. The first-order valence-electron chi connectivity index (χ1n) is 6.93. The zero-order chi connectivity index (χ0) is 16.1. The summed E-state index contributed by atoms with van der Waals surface area (Å²) in [6.07, 6.45) is 1.08. The molecule has 6 heteroatoms. The minimum Gasteiger partial charge on any atom is -0.449 e. The van der Waals surface area contributed by atoms with Crippen LogP contribution < -0.4 is 5.43 Å². The number of hydrazone groups is 1. The van der Waals surface area contributed by atoms with Crippen LogP contribution in [0.4, 0.5) is 4.79 Å². The Balaban J connectivity index is 2.22. The summed E-state index contributed by atoms with van der Waals surface area (Å²) in [5.41, 5.74) is 6.56. The van der Waals surface area contributed by atoms with Gasteiger partial charge in [0, 0.05) is 26.2 Å². The molecule has 0 aliphatic heterocycles. The number of hydrogen-bond donors (Lipinski definition) is 1. The fourth-order valence-corrected chi connectivity index (χ4v) is 2.58. The molecule has 0 aliphatic carbocycles. The molecule has 2 aromatic rings. The number of ether oxygens (including phenoxy) is 1. The number of halogens is 1. The number of nitrogens with zero attached hydrogens (tertiary/aromatic N) is 2. The molecule has 0 aliphatic rings. The van der Waals surface area contributed by atoms with E-state index in [1.54, 1.807) is 13.1 Å². The SMILES string of the molecule is CCOC(=O)NN=Cc1cc(C)n(-c2ccc(I)cc2)c1C. The minimum atomic E-state index is -0.551. The van der Waals surface area contributed by atoms with Crippen molar-refractivity contribution in [3.05, 3.63) is 50.9 Å². The van der Waals surface area contributed by atoms with Gasteiger partial charge in [0.15, 0.2) is 0 Å². The molecule has 0 fully saturated rings. The monoisotopic (exact) mass is 411 g/mol. The van der Waals surface area contributed by atoms with E-state index in [-0.39, 0.29) is 0 Å². The van der Waals surface area contributed by atoms with Gasteiger partial charge < -0.3 is 9.30 Å². The van der Waals surface area contributed by atoms with Crippen molar-refractivity contribution in [1.29, 1.82) is 0 Å². The van der Waals surface area contributed by atoms with Gasteiger partial charge in [-0.3, -0.25) is 0 Å². The number of benzene rings is 1. The van der Waals surface area contributed by atoms with Crippen molar-refractivity contribution < 1.29 is 9.53 Å². The number of aromatic nitrogens is 1. The first-order chi connectivity index (χ1) is 10.5. The molecule has 116 valence electrons. The Morgan fingerprint density at radius 3 is 2.68 bits per heavy atom. The van der Waals surface area contributed by atoms with Gasteiger partial charge in [0.25, 0.3) is 0 Å². The van der Waals surface area contributed by atoms with Crippen LogP contribution in [0, 0.1) is 17.4 Å². The molecule has 2 rings (SSSR count). The van der Waals surface area contributed by atoms with E-state index in [2.05, 4.69) is 62.0 Å². The van der Waals surface area contributed by atoms with E-state index in [0.717, 1.165) is 22.6 Å². The second kappa shape index (κ2) is 7.44. The molecule has 0 radical (unpaired) electrons. The average molecular weight is 411 g/mol. The zero-order valence-electron chi connectivity index (χ0n) is 12.8. The summed E-state index contributed by atoms with van der Waals surface area (Å²) in [7, 11) is 0. The summed E-state index contributed by atoms with van der Waals surface area (Å²) in [6, 6.07) is 10.3. The van der Waals surface area contributed by atoms with Crippen molar-refractivity contribution in [3.63, 3.8) is 0 Å². The molecule has 0 saturated heterocycles. The Bertz CT molecular complexity index is 690. The Kier molecular flexibility index (Phi) is 5.59. The third-order valence-electron chi connectivity index (χ3n) is 3.19. The molecule has 0 spiro atoms. The van der Waals surface area contributed by atoms with Crippen LogP contribution in [0.1, 0.15) is 23.9 Å². The van der Waals surface area contributed by atoms with Crippen LogP contribution in [0.2, 0.25) is 0 Å². The summed E-state index contributed by atoms with van der Waals surface area (Å²) in [5.74, 6) is 0. The van der Waals surface area contributed by atoms with Gasteiger partial charge in [-0.1, -0.05) is 0 Å². The van der Waals surface area contributed by atoms with E-state index < -0.39 is 6.09 Å². The molecule has 0 unspecified atom stereocenters. The van der Waals surface area contributed by atoms with E-state index in [0.29, 0.717) is 6.61 Å². The Labute approximate surface area is 143 Å². The largest absolute Gasteiger partial charge is 0.449 e.